The number of anilines is 1. The van der Waals surface area contributed by atoms with Crippen molar-refractivity contribution >= 4 is 34.3 Å². The van der Waals surface area contributed by atoms with Gasteiger partial charge in [0.2, 0.25) is 0 Å². The zero-order chi connectivity index (χ0) is 25.5. The average molecular weight is 511 g/mol. The van der Waals surface area contributed by atoms with E-state index in [0.717, 1.165) is 59.2 Å². The Bertz CT molecular complexity index is 1260. The molecule has 2 aliphatic rings. The smallest absolute Gasteiger partial charge is 0.490 e. The molecule has 1 aliphatic heterocycles. The number of carboxylic acid groups (broad SMARTS) is 1. The summed E-state index contributed by atoms with van der Waals surface area (Å²) >= 11 is 6.58. The van der Waals surface area contributed by atoms with E-state index in [9.17, 15) is 13.2 Å². The lowest BCUT2D eigenvalue weighted by atomic mass is 10.1. The normalized spacial score (nSPS) is 17.2. The van der Waals surface area contributed by atoms with E-state index in [-0.39, 0.29) is 0 Å². The lowest BCUT2D eigenvalue weighted by Crippen LogP contribution is -2.42. The lowest BCUT2D eigenvalue weighted by Gasteiger charge is -2.37. The van der Waals surface area contributed by atoms with Gasteiger partial charge < -0.3 is 14.7 Å². The van der Waals surface area contributed by atoms with Gasteiger partial charge in [0.15, 0.2) is 0 Å². The van der Waals surface area contributed by atoms with E-state index in [2.05, 4.69) is 29.5 Å². The van der Waals surface area contributed by atoms with Crippen molar-refractivity contribution in [3.63, 3.8) is 0 Å². The van der Waals surface area contributed by atoms with Crippen molar-refractivity contribution in [2.24, 2.45) is 5.92 Å². The molecule has 0 spiro atoms. The van der Waals surface area contributed by atoms with Gasteiger partial charge in [-0.25, -0.2) is 9.78 Å². The van der Waals surface area contributed by atoms with Gasteiger partial charge in [0.1, 0.15) is 22.5 Å². The molecule has 0 bridgehead atoms. The summed E-state index contributed by atoms with van der Waals surface area (Å²) < 4.78 is 39.2. The number of aromatic nitrogens is 3. The molecular formula is C24H26ClF3N4O3. The second-order valence-corrected chi connectivity index (χ2v) is 9.22. The predicted octanol–water partition coefficient (Wildman–Crippen LogP) is 5.71. The van der Waals surface area contributed by atoms with Gasteiger partial charge in [-0.1, -0.05) is 18.5 Å². The topological polar surface area (TPSA) is 80.5 Å². The number of carboxylic acids is 1. The number of alkyl halides is 3. The Morgan fingerprint density at radius 2 is 1.97 bits per heavy atom. The quantitative estimate of drug-likeness (QED) is 0.473. The van der Waals surface area contributed by atoms with E-state index in [1.54, 1.807) is 7.11 Å². The molecule has 3 heterocycles. The van der Waals surface area contributed by atoms with E-state index in [0.29, 0.717) is 11.1 Å². The number of benzene rings is 1. The van der Waals surface area contributed by atoms with Gasteiger partial charge in [0, 0.05) is 23.8 Å². The van der Waals surface area contributed by atoms with Crippen LogP contribution < -0.4 is 9.64 Å². The Labute approximate surface area is 205 Å². The number of aryl methyl sites for hydroxylation is 1. The molecule has 0 unspecified atom stereocenters. The Morgan fingerprint density at radius 1 is 1.29 bits per heavy atom. The molecule has 1 saturated carbocycles. The van der Waals surface area contributed by atoms with Gasteiger partial charge in [-0.3, -0.25) is 4.68 Å². The summed E-state index contributed by atoms with van der Waals surface area (Å²) in [6.45, 7) is 6.37. The first kappa shape index (κ1) is 25.1. The van der Waals surface area contributed by atoms with Crippen molar-refractivity contribution in [2.75, 3.05) is 18.6 Å². The third-order valence-electron chi connectivity index (χ3n) is 6.23. The van der Waals surface area contributed by atoms with Gasteiger partial charge in [0.25, 0.3) is 0 Å². The maximum atomic E-state index is 10.6. The Kier molecular flexibility index (Phi) is 6.86. The van der Waals surface area contributed by atoms with Gasteiger partial charge in [-0.2, -0.15) is 18.3 Å². The van der Waals surface area contributed by atoms with Crippen molar-refractivity contribution in [2.45, 2.75) is 51.9 Å². The second-order valence-electron chi connectivity index (χ2n) is 8.82. The third-order valence-corrected chi connectivity index (χ3v) is 6.55. The van der Waals surface area contributed by atoms with Crippen LogP contribution in [0, 0.1) is 12.8 Å². The molecule has 35 heavy (non-hydrogen) atoms. The molecule has 11 heteroatoms. The molecule has 0 saturated heterocycles. The van der Waals surface area contributed by atoms with E-state index in [1.165, 1.54) is 18.5 Å². The molecule has 1 aromatic carbocycles. The minimum Gasteiger partial charge on any atom is -0.497 e. The van der Waals surface area contributed by atoms with Crippen molar-refractivity contribution in [1.82, 2.24) is 14.8 Å². The van der Waals surface area contributed by atoms with Crippen LogP contribution in [0.1, 0.15) is 31.9 Å². The van der Waals surface area contributed by atoms with E-state index >= 15 is 0 Å². The monoisotopic (exact) mass is 510 g/mol. The van der Waals surface area contributed by atoms with Crippen LogP contribution in [0.5, 0.6) is 5.75 Å². The van der Waals surface area contributed by atoms with Crippen LogP contribution in [0.3, 0.4) is 0 Å². The SMILES string of the molecule is CC[C@H]1Cn2nc(-c3ccc(OC)cc3Cl)c3nc(C)cc(c32)N1CC1CC1.O=C(O)C(F)(F)F. The van der Waals surface area contributed by atoms with Gasteiger partial charge in [-0.15, -0.1) is 0 Å². The van der Waals surface area contributed by atoms with Crippen LogP contribution in [0.2, 0.25) is 5.02 Å². The Balaban J connectivity index is 0.000000364. The first-order valence-corrected chi connectivity index (χ1v) is 11.7. The van der Waals surface area contributed by atoms with Crippen LogP contribution >= 0.6 is 11.6 Å². The Morgan fingerprint density at radius 3 is 2.51 bits per heavy atom. The fourth-order valence-electron chi connectivity index (χ4n) is 4.30. The van der Waals surface area contributed by atoms with Crippen LogP contribution in [-0.4, -0.2) is 51.7 Å². The van der Waals surface area contributed by atoms with Crippen LogP contribution in [0.15, 0.2) is 24.3 Å². The molecule has 2 aromatic heterocycles. The second kappa shape index (κ2) is 9.56. The summed E-state index contributed by atoms with van der Waals surface area (Å²) in [4.78, 5) is 16.4. The number of hydrogen-bond acceptors (Lipinski definition) is 5. The maximum Gasteiger partial charge on any atom is 0.490 e. The number of halogens is 4. The number of carbonyl (C=O) groups is 1. The number of aliphatic carboxylic acids is 1. The fraction of sp³-hybridized carbons (Fsp3) is 0.458. The number of ether oxygens (including phenoxy) is 1. The summed E-state index contributed by atoms with van der Waals surface area (Å²) in [5.74, 6) is -1.18. The molecular weight excluding hydrogens is 485 g/mol. The summed E-state index contributed by atoms with van der Waals surface area (Å²) in [7, 11) is 1.65. The van der Waals surface area contributed by atoms with E-state index in [1.807, 2.05) is 18.2 Å². The Hall–Kier alpha value is -3.01. The molecule has 3 aromatic rings. The molecule has 0 radical (unpaired) electrons. The maximum absolute atomic E-state index is 10.6. The number of pyridine rings is 1. The summed E-state index contributed by atoms with van der Waals surface area (Å²) in [6, 6.07) is 8.44. The average Bonchev–Trinajstić information content (AvgIpc) is 3.55. The molecule has 1 atom stereocenters. The number of rotatable bonds is 5. The largest absolute Gasteiger partial charge is 0.497 e. The molecule has 1 aliphatic carbocycles. The highest BCUT2D eigenvalue weighted by Crippen LogP contribution is 2.42. The van der Waals surface area contributed by atoms with Crippen molar-refractivity contribution in [3.05, 3.63) is 35.0 Å². The highest BCUT2D eigenvalue weighted by Gasteiger charge is 2.38. The summed E-state index contributed by atoms with van der Waals surface area (Å²) in [6.07, 6.45) is -1.27. The van der Waals surface area contributed by atoms with Gasteiger partial charge in [0.05, 0.1) is 24.4 Å². The molecule has 1 N–H and O–H groups in total. The number of methoxy groups -OCH3 is 1. The molecule has 7 nitrogen and oxygen atoms in total. The third kappa shape index (κ3) is 5.17. The molecule has 0 amide bonds. The minimum atomic E-state index is -5.08. The molecule has 1 fully saturated rings. The summed E-state index contributed by atoms with van der Waals surface area (Å²) in [5, 5.41) is 12.7. The van der Waals surface area contributed by atoms with Gasteiger partial charge in [-0.05, 0) is 56.4 Å². The standard InChI is InChI=1S/C22H25ClN4O.C2HF3O2/c1-4-15-12-27-22-19(26(15)11-14-5-6-14)9-13(2)24-21(22)20(25-27)17-8-7-16(28-3)10-18(17)23;3-2(4,5)1(6)7/h7-10,14-15H,4-6,11-12H2,1-3H3;(H,6,7)/t15-;/m0./s1. The van der Waals surface area contributed by atoms with Crippen molar-refractivity contribution in [3.8, 4) is 17.0 Å². The van der Waals surface area contributed by atoms with Crippen LogP contribution in [0.25, 0.3) is 22.3 Å². The van der Waals surface area contributed by atoms with E-state index < -0.39 is 12.1 Å². The lowest BCUT2D eigenvalue weighted by molar-refractivity contribution is -0.192. The zero-order valence-corrected chi connectivity index (χ0v) is 20.3. The first-order valence-electron chi connectivity index (χ1n) is 11.3. The number of hydrogen-bond donors (Lipinski definition) is 1. The highest BCUT2D eigenvalue weighted by molar-refractivity contribution is 6.33. The first-order chi connectivity index (χ1) is 16.5. The van der Waals surface area contributed by atoms with Crippen molar-refractivity contribution in [1.29, 1.82) is 0 Å². The highest BCUT2D eigenvalue weighted by atomic mass is 35.5. The fourth-order valence-corrected chi connectivity index (χ4v) is 4.56. The van der Waals surface area contributed by atoms with Crippen molar-refractivity contribution < 1.29 is 27.8 Å². The number of nitrogens with zero attached hydrogens (tertiary/aromatic N) is 4. The predicted molar refractivity (Wildman–Crippen MR) is 127 cm³/mol. The molecule has 188 valence electrons. The van der Waals surface area contributed by atoms with E-state index in [4.69, 9.17) is 36.3 Å². The van der Waals surface area contributed by atoms with Crippen LogP contribution in [0.4, 0.5) is 18.9 Å². The van der Waals surface area contributed by atoms with Gasteiger partial charge >= 0.3 is 12.1 Å². The molecule has 5 rings (SSSR count). The minimum absolute atomic E-state index is 0.470. The zero-order valence-electron chi connectivity index (χ0n) is 19.6. The van der Waals surface area contributed by atoms with Crippen LogP contribution in [-0.2, 0) is 11.3 Å². The summed E-state index contributed by atoms with van der Waals surface area (Å²) in [5.41, 5.74) is 6.13.